The van der Waals surface area contributed by atoms with Crippen LogP contribution in [0, 0.1) is 12.8 Å². The molecular formula is C26H33N3O4. The number of nitrogens with zero attached hydrogens (tertiary/aromatic N) is 3. The van der Waals surface area contributed by atoms with Gasteiger partial charge in [-0.3, -0.25) is 14.6 Å². The Morgan fingerprint density at radius 2 is 1.88 bits per heavy atom. The maximum atomic E-state index is 13.1. The van der Waals surface area contributed by atoms with Crippen molar-refractivity contribution in [3.63, 3.8) is 0 Å². The number of ether oxygens (including phenoxy) is 1. The molecule has 1 aliphatic heterocycles. The Bertz CT molecular complexity index is 1030. The van der Waals surface area contributed by atoms with Gasteiger partial charge in [0, 0.05) is 24.5 Å². The van der Waals surface area contributed by atoms with Crippen LogP contribution < -0.4 is 4.74 Å². The largest absolute Gasteiger partial charge is 0.507 e. The number of aliphatic hydroxyl groups is 1. The summed E-state index contributed by atoms with van der Waals surface area (Å²) >= 11 is 0. The van der Waals surface area contributed by atoms with Gasteiger partial charge in [0.2, 0.25) is 0 Å². The molecule has 2 heterocycles. The Labute approximate surface area is 195 Å². The van der Waals surface area contributed by atoms with E-state index in [1.54, 1.807) is 41.6 Å². The summed E-state index contributed by atoms with van der Waals surface area (Å²) in [4.78, 5) is 33.7. The molecule has 7 heteroatoms. The lowest BCUT2D eigenvalue weighted by molar-refractivity contribution is -0.139. The number of aliphatic hydroxyl groups excluding tert-OH is 1. The van der Waals surface area contributed by atoms with E-state index in [1.165, 1.54) is 0 Å². The summed E-state index contributed by atoms with van der Waals surface area (Å²) in [6, 6.07) is 8.25. The summed E-state index contributed by atoms with van der Waals surface area (Å²) in [5, 5.41) is 11.3. The molecular weight excluding hydrogens is 418 g/mol. The number of amides is 1. The summed E-state index contributed by atoms with van der Waals surface area (Å²) < 4.78 is 5.78. The molecule has 0 spiro atoms. The van der Waals surface area contributed by atoms with E-state index in [4.69, 9.17) is 4.74 Å². The predicted octanol–water partition coefficient (Wildman–Crippen LogP) is 3.80. The van der Waals surface area contributed by atoms with Crippen molar-refractivity contribution in [3.05, 3.63) is 65.0 Å². The second-order valence-corrected chi connectivity index (χ2v) is 9.11. The van der Waals surface area contributed by atoms with E-state index in [9.17, 15) is 14.7 Å². The SMILES string of the molecule is Cc1cc(OCC(C)C)ccc1/C(O)=C1\C(=O)C(=O)N(CCCN(C)C)[C@@H]1c1ccncc1. The lowest BCUT2D eigenvalue weighted by Gasteiger charge is -2.26. The van der Waals surface area contributed by atoms with Crippen molar-refractivity contribution in [3.8, 4) is 5.75 Å². The van der Waals surface area contributed by atoms with E-state index in [0.717, 1.165) is 17.7 Å². The molecule has 3 rings (SSSR count). The Morgan fingerprint density at radius 3 is 2.48 bits per heavy atom. The molecule has 1 atom stereocenters. The highest BCUT2D eigenvalue weighted by molar-refractivity contribution is 6.46. The number of carbonyl (C=O) groups excluding carboxylic acids is 2. The molecule has 0 aliphatic carbocycles. The molecule has 1 aromatic heterocycles. The standard InChI is InChI=1S/C26H33N3O4/c1-17(2)16-33-20-7-8-21(18(3)15-20)24(30)22-23(19-9-11-27-12-10-19)29(26(32)25(22)31)14-6-13-28(4)5/h7-12,15,17,23,30H,6,13-14,16H2,1-5H3/b24-22+/t23-/m1/s1. The van der Waals surface area contributed by atoms with Gasteiger partial charge in [-0.15, -0.1) is 0 Å². The molecule has 1 aromatic carbocycles. The van der Waals surface area contributed by atoms with E-state index in [0.29, 0.717) is 36.8 Å². The van der Waals surface area contributed by atoms with Crippen LogP contribution in [0.4, 0.5) is 0 Å². The van der Waals surface area contributed by atoms with Gasteiger partial charge in [-0.25, -0.2) is 0 Å². The van der Waals surface area contributed by atoms with Gasteiger partial charge in [0.15, 0.2) is 0 Å². The first kappa shape index (κ1) is 24.5. The average Bonchev–Trinajstić information content (AvgIpc) is 3.02. The van der Waals surface area contributed by atoms with Crippen LogP contribution in [0.2, 0.25) is 0 Å². The number of rotatable bonds is 9. The van der Waals surface area contributed by atoms with Crippen LogP contribution in [0.5, 0.6) is 5.75 Å². The molecule has 0 saturated carbocycles. The third-order valence-corrected chi connectivity index (χ3v) is 5.60. The first-order valence-corrected chi connectivity index (χ1v) is 11.3. The summed E-state index contributed by atoms with van der Waals surface area (Å²) in [6.07, 6.45) is 3.96. The van der Waals surface area contributed by atoms with Crippen molar-refractivity contribution in [1.29, 1.82) is 0 Å². The predicted molar refractivity (Wildman–Crippen MR) is 128 cm³/mol. The van der Waals surface area contributed by atoms with Gasteiger partial charge >= 0.3 is 0 Å². The quantitative estimate of drug-likeness (QED) is 0.355. The number of carbonyl (C=O) groups is 2. The molecule has 1 fully saturated rings. The number of Topliss-reactive ketones (excluding diaryl/α,β-unsaturated/α-hetero) is 1. The van der Waals surface area contributed by atoms with Gasteiger partial charge in [-0.2, -0.15) is 0 Å². The highest BCUT2D eigenvalue weighted by Gasteiger charge is 2.45. The van der Waals surface area contributed by atoms with E-state index >= 15 is 0 Å². The van der Waals surface area contributed by atoms with Crippen molar-refractivity contribution in [1.82, 2.24) is 14.8 Å². The minimum atomic E-state index is -0.668. The zero-order valence-corrected chi connectivity index (χ0v) is 20.0. The highest BCUT2D eigenvalue weighted by atomic mass is 16.5. The van der Waals surface area contributed by atoms with Crippen LogP contribution in [-0.4, -0.2) is 65.4 Å². The number of hydrogen-bond donors (Lipinski definition) is 1. The number of hydrogen-bond acceptors (Lipinski definition) is 6. The van der Waals surface area contributed by atoms with Gasteiger partial charge in [0.05, 0.1) is 18.2 Å². The first-order valence-electron chi connectivity index (χ1n) is 11.3. The lowest BCUT2D eigenvalue weighted by Crippen LogP contribution is -2.32. The van der Waals surface area contributed by atoms with E-state index in [1.807, 2.05) is 32.0 Å². The molecule has 176 valence electrons. The summed E-state index contributed by atoms with van der Waals surface area (Å²) in [7, 11) is 3.93. The Hall–Kier alpha value is -3.19. The summed E-state index contributed by atoms with van der Waals surface area (Å²) in [6.45, 7) is 7.78. The number of aromatic nitrogens is 1. The van der Waals surface area contributed by atoms with E-state index in [2.05, 4.69) is 18.8 Å². The second-order valence-electron chi connectivity index (χ2n) is 9.11. The minimum Gasteiger partial charge on any atom is -0.507 e. The number of ketones is 1. The smallest absolute Gasteiger partial charge is 0.295 e. The fraction of sp³-hybridized carbons (Fsp3) is 0.423. The van der Waals surface area contributed by atoms with Crippen LogP contribution in [0.3, 0.4) is 0 Å². The highest BCUT2D eigenvalue weighted by Crippen LogP contribution is 2.40. The molecule has 0 radical (unpaired) electrons. The Balaban J connectivity index is 2.02. The zero-order valence-electron chi connectivity index (χ0n) is 20.0. The third-order valence-electron chi connectivity index (χ3n) is 5.60. The number of pyridine rings is 1. The lowest BCUT2D eigenvalue weighted by atomic mass is 9.94. The van der Waals surface area contributed by atoms with E-state index < -0.39 is 17.7 Å². The van der Waals surface area contributed by atoms with Gasteiger partial charge in [0.1, 0.15) is 11.5 Å². The van der Waals surface area contributed by atoms with Crippen molar-refractivity contribution in [2.75, 3.05) is 33.8 Å². The summed E-state index contributed by atoms with van der Waals surface area (Å²) in [5.74, 6) is -0.335. The van der Waals surface area contributed by atoms with Crippen LogP contribution in [0.15, 0.2) is 48.3 Å². The van der Waals surface area contributed by atoms with Crippen LogP contribution in [-0.2, 0) is 9.59 Å². The number of benzene rings is 1. The maximum Gasteiger partial charge on any atom is 0.295 e. The Kier molecular flexibility index (Phi) is 7.87. The summed E-state index contributed by atoms with van der Waals surface area (Å²) in [5.41, 5.74) is 2.12. The van der Waals surface area contributed by atoms with Crippen LogP contribution >= 0.6 is 0 Å². The molecule has 1 N–H and O–H groups in total. The van der Waals surface area contributed by atoms with Gasteiger partial charge < -0.3 is 19.6 Å². The van der Waals surface area contributed by atoms with Crippen LogP contribution in [0.1, 0.15) is 43.0 Å². The monoisotopic (exact) mass is 451 g/mol. The van der Waals surface area contributed by atoms with Gasteiger partial charge in [-0.1, -0.05) is 13.8 Å². The topological polar surface area (TPSA) is 83.0 Å². The molecule has 0 bridgehead atoms. The van der Waals surface area contributed by atoms with E-state index in [-0.39, 0.29) is 11.3 Å². The average molecular weight is 452 g/mol. The maximum absolute atomic E-state index is 13.1. The fourth-order valence-corrected chi connectivity index (χ4v) is 3.96. The van der Waals surface area contributed by atoms with Gasteiger partial charge in [-0.05, 0) is 81.4 Å². The Morgan fingerprint density at radius 1 is 1.18 bits per heavy atom. The minimum absolute atomic E-state index is 0.106. The zero-order chi connectivity index (χ0) is 24.1. The molecule has 1 aliphatic rings. The molecule has 7 nitrogen and oxygen atoms in total. The third kappa shape index (κ3) is 5.60. The van der Waals surface area contributed by atoms with Crippen molar-refractivity contribution in [2.45, 2.75) is 33.2 Å². The van der Waals surface area contributed by atoms with Crippen LogP contribution in [0.25, 0.3) is 5.76 Å². The molecule has 1 saturated heterocycles. The normalized spacial score (nSPS) is 17.9. The van der Waals surface area contributed by atoms with Crippen molar-refractivity contribution < 1.29 is 19.4 Å². The van der Waals surface area contributed by atoms with Gasteiger partial charge in [0.25, 0.3) is 11.7 Å². The van der Waals surface area contributed by atoms with Crippen molar-refractivity contribution in [2.24, 2.45) is 5.92 Å². The molecule has 0 unspecified atom stereocenters. The number of likely N-dealkylation sites (tertiary alicyclic amines) is 1. The fourth-order valence-electron chi connectivity index (χ4n) is 3.96. The molecule has 2 aromatic rings. The first-order chi connectivity index (χ1) is 15.7. The number of aryl methyl sites for hydroxylation is 1. The molecule has 33 heavy (non-hydrogen) atoms. The second kappa shape index (κ2) is 10.6. The molecule has 1 amide bonds. The van der Waals surface area contributed by atoms with Crippen molar-refractivity contribution >= 4 is 17.4 Å².